The molecule has 6 nitrogen and oxygen atoms in total. The molecule has 0 bridgehead atoms. The number of fused-ring (bicyclic) bond motifs is 1. The molecule has 2 heterocycles. The molecule has 7 heteroatoms. The number of hydrogen-bond donors (Lipinski definition) is 2. The molecule has 1 saturated carbocycles. The zero-order chi connectivity index (χ0) is 15.0. The van der Waals surface area contributed by atoms with Gasteiger partial charge in [-0.05, 0) is 37.8 Å². The van der Waals surface area contributed by atoms with E-state index in [1.807, 2.05) is 13.0 Å². The van der Waals surface area contributed by atoms with Crippen LogP contribution in [0.5, 0.6) is 0 Å². The van der Waals surface area contributed by atoms with Gasteiger partial charge in [-0.15, -0.1) is 0 Å². The fourth-order valence-corrected chi connectivity index (χ4v) is 4.32. The van der Waals surface area contributed by atoms with Crippen LogP contribution in [0.25, 0.3) is 5.65 Å². The maximum Gasteiger partial charge on any atom is 0.260 e. The van der Waals surface area contributed by atoms with Gasteiger partial charge in [0.2, 0.25) is 0 Å². The maximum atomic E-state index is 12.7. The van der Waals surface area contributed by atoms with Crippen LogP contribution in [-0.2, 0) is 10.0 Å². The van der Waals surface area contributed by atoms with Gasteiger partial charge >= 0.3 is 0 Å². The second-order valence-corrected chi connectivity index (χ2v) is 7.25. The van der Waals surface area contributed by atoms with E-state index in [1.165, 1.54) is 0 Å². The van der Waals surface area contributed by atoms with Gasteiger partial charge in [-0.2, -0.15) is 0 Å². The van der Waals surface area contributed by atoms with Gasteiger partial charge in [0.15, 0.2) is 10.8 Å². The summed E-state index contributed by atoms with van der Waals surface area (Å²) in [4.78, 5) is 4.37. The first-order valence-corrected chi connectivity index (χ1v) is 8.73. The van der Waals surface area contributed by atoms with Crippen molar-refractivity contribution in [3.63, 3.8) is 0 Å². The van der Waals surface area contributed by atoms with Crippen molar-refractivity contribution in [2.45, 2.75) is 37.8 Å². The molecule has 114 valence electrons. The van der Waals surface area contributed by atoms with Gasteiger partial charge < -0.3 is 5.32 Å². The van der Waals surface area contributed by atoms with E-state index in [2.05, 4.69) is 21.9 Å². The molecule has 1 fully saturated rings. The third-order valence-electron chi connectivity index (χ3n) is 3.78. The highest BCUT2D eigenvalue weighted by atomic mass is 32.2. The van der Waals surface area contributed by atoms with Crippen LogP contribution < -0.4 is 10.0 Å². The largest absolute Gasteiger partial charge is 0.368 e. The van der Waals surface area contributed by atoms with Crippen LogP contribution in [0.1, 0.15) is 26.7 Å². The number of rotatable bonds is 5. The number of anilines is 1. The molecule has 21 heavy (non-hydrogen) atoms. The van der Waals surface area contributed by atoms with Gasteiger partial charge in [-0.3, -0.25) is 4.40 Å². The summed E-state index contributed by atoms with van der Waals surface area (Å²) in [5.74, 6) is 0.997. The molecule has 0 radical (unpaired) electrons. The topological polar surface area (TPSA) is 75.5 Å². The smallest absolute Gasteiger partial charge is 0.260 e. The van der Waals surface area contributed by atoms with Gasteiger partial charge in [0, 0.05) is 18.8 Å². The second kappa shape index (κ2) is 5.31. The third-order valence-corrected chi connectivity index (χ3v) is 5.32. The van der Waals surface area contributed by atoms with Crippen molar-refractivity contribution in [2.75, 3.05) is 11.9 Å². The van der Waals surface area contributed by atoms with Crippen molar-refractivity contribution in [1.82, 2.24) is 14.1 Å². The van der Waals surface area contributed by atoms with E-state index < -0.39 is 10.0 Å². The minimum Gasteiger partial charge on any atom is -0.368 e. The average molecular weight is 308 g/mol. The molecule has 0 spiro atoms. The van der Waals surface area contributed by atoms with Crippen molar-refractivity contribution in [3.8, 4) is 0 Å². The molecule has 0 aliphatic heterocycles. The highest BCUT2D eigenvalue weighted by molar-refractivity contribution is 7.89. The van der Waals surface area contributed by atoms with Gasteiger partial charge in [-0.1, -0.05) is 13.0 Å². The summed E-state index contributed by atoms with van der Waals surface area (Å²) in [6, 6.07) is 5.48. The SMILES string of the molecule is CCNc1nc2ccccn2c1S(=O)(=O)NC1CC(C)C1. The zero-order valence-electron chi connectivity index (χ0n) is 12.2. The predicted octanol–water partition coefficient (Wildman–Crippen LogP) is 1.84. The fourth-order valence-electron chi connectivity index (χ4n) is 2.79. The fraction of sp³-hybridized carbons (Fsp3) is 0.500. The normalized spacial score (nSPS) is 22.2. The van der Waals surface area contributed by atoms with Crippen molar-refractivity contribution in [2.24, 2.45) is 5.92 Å². The van der Waals surface area contributed by atoms with Gasteiger partial charge in [0.05, 0.1) is 0 Å². The lowest BCUT2D eigenvalue weighted by atomic mass is 9.83. The highest BCUT2D eigenvalue weighted by Crippen LogP contribution is 2.29. The number of hydrogen-bond acceptors (Lipinski definition) is 4. The van der Waals surface area contributed by atoms with Crippen LogP contribution in [0.2, 0.25) is 0 Å². The van der Waals surface area contributed by atoms with Crippen molar-refractivity contribution in [3.05, 3.63) is 24.4 Å². The summed E-state index contributed by atoms with van der Waals surface area (Å²) in [5.41, 5.74) is 0.621. The summed E-state index contributed by atoms with van der Waals surface area (Å²) in [7, 11) is -3.59. The van der Waals surface area contributed by atoms with E-state index in [0.29, 0.717) is 23.9 Å². The van der Waals surface area contributed by atoms with E-state index in [0.717, 1.165) is 12.8 Å². The molecule has 2 aromatic rings. The third kappa shape index (κ3) is 2.63. The Bertz CT molecular complexity index is 747. The van der Waals surface area contributed by atoms with Crippen LogP contribution in [0.4, 0.5) is 5.82 Å². The van der Waals surface area contributed by atoms with Crippen molar-refractivity contribution >= 4 is 21.5 Å². The lowest BCUT2D eigenvalue weighted by molar-refractivity contribution is 0.270. The number of nitrogens with one attached hydrogen (secondary N) is 2. The van der Waals surface area contributed by atoms with Crippen LogP contribution in [0.15, 0.2) is 29.4 Å². The standard InChI is InChI=1S/C14H20N4O2S/c1-3-15-13-14(18-7-5-4-6-12(18)16-13)21(19,20)17-11-8-10(2)9-11/h4-7,10-11,15,17H,3,8-9H2,1-2H3. The Kier molecular flexibility index (Phi) is 3.62. The summed E-state index contributed by atoms with van der Waals surface area (Å²) >= 11 is 0. The molecule has 0 atom stereocenters. The quantitative estimate of drug-likeness (QED) is 0.884. The molecule has 3 rings (SSSR count). The predicted molar refractivity (Wildman–Crippen MR) is 81.9 cm³/mol. The van der Waals surface area contributed by atoms with Gasteiger partial charge in [-0.25, -0.2) is 18.1 Å². The van der Waals surface area contributed by atoms with E-state index in [9.17, 15) is 8.42 Å². The molecule has 1 aliphatic carbocycles. The Morgan fingerprint density at radius 1 is 1.38 bits per heavy atom. The molecule has 0 aromatic carbocycles. The monoisotopic (exact) mass is 308 g/mol. The Morgan fingerprint density at radius 2 is 2.14 bits per heavy atom. The van der Waals surface area contributed by atoms with Crippen LogP contribution in [0.3, 0.4) is 0 Å². The maximum absolute atomic E-state index is 12.7. The molecule has 0 unspecified atom stereocenters. The molecular formula is C14H20N4O2S. The molecule has 1 aliphatic rings. The summed E-state index contributed by atoms with van der Waals surface area (Å²) in [6.45, 7) is 4.66. The first kappa shape index (κ1) is 14.3. The Labute approximate surface area is 124 Å². The average Bonchev–Trinajstić information content (AvgIpc) is 2.75. The summed E-state index contributed by atoms with van der Waals surface area (Å²) in [6.07, 6.45) is 3.51. The summed E-state index contributed by atoms with van der Waals surface area (Å²) < 4.78 is 29.8. The molecular weight excluding hydrogens is 288 g/mol. The van der Waals surface area contributed by atoms with Crippen LogP contribution in [0, 0.1) is 5.92 Å². The number of imidazole rings is 1. The van der Waals surface area contributed by atoms with Crippen molar-refractivity contribution in [1.29, 1.82) is 0 Å². The Morgan fingerprint density at radius 3 is 2.81 bits per heavy atom. The number of nitrogens with zero attached hydrogens (tertiary/aromatic N) is 2. The first-order chi connectivity index (χ1) is 10.0. The Hall–Kier alpha value is -1.60. The lowest BCUT2D eigenvalue weighted by Crippen LogP contribution is -2.43. The number of sulfonamides is 1. The number of pyridine rings is 1. The minimum absolute atomic E-state index is 0.0359. The van der Waals surface area contributed by atoms with E-state index in [1.54, 1.807) is 22.7 Å². The molecule has 2 aromatic heterocycles. The molecule has 2 N–H and O–H groups in total. The zero-order valence-corrected chi connectivity index (χ0v) is 13.0. The van der Waals surface area contributed by atoms with Crippen LogP contribution >= 0.6 is 0 Å². The first-order valence-electron chi connectivity index (χ1n) is 7.24. The van der Waals surface area contributed by atoms with Crippen molar-refractivity contribution < 1.29 is 8.42 Å². The minimum atomic E-state index is -3.59. The second-order valence-electron chi connectivity index (χ2n) is 5.62. The highest BCUT2D eigenvalue weighted by Gasteiger charge is 2.33. The van der Waals surface area contributed by atoms with E-state index >= 15 is 0 Å². The van der Waals surface area contributed by atoms with E-state index in [4.69, 9.17) is 0 Å². The summed E-state index contributed by atoms with van der Waals surface area (Å²) in [5, 5.41) is 3.23. The Balaban J connectivity index is 2.02. The lowest BCUT2D eigenvalue weighted by Gasteiger charge is -2.32. The van der Waals surface area contributed by atoms with E-state index in [-0.39, 0.29) is 11.1 Å². The molecule has 0 saturated heterocycles. The molecule has 0 amide bonds. The van der Waals surface area contributed by atoms with Gasteiger partial charge in [0.25, 0.3) is 10.0 Å². The van der Waals surface area contributed by atoms with Gasteiger partial charge in [0.1, 0.15) is 5.65 Å². The van der Waals surface area contributed by atoms with Crippen LogP contribution in [-0.4, -0.2) is 30.4 Å². The number of aromatic nitrogens is 2.